The molecule has 0 spiro atoms. The third-order valence-corrected chi connectivity index (χ3v) is 4.84. The lowest BCUT2D eigenvalue weighted by Gasteiger charge is -2.19. The fourth-order valence-electron chi connectivity index (χ4n) is 2.33. The van der Waals surface area contributed by atoms with Gasteiger partial charge in [-0.05, 0) is 24.6 Å². The van der Waals surface area contributed by atoms with Crippen molar-refractivity contribution >= 4 is 32.9 Å². The molecule has 1 aliphatic rings. The van der Waals surface area contributed by atoms with Gasteiger partial charge in [-0.15, -0.1) is 11.6 Å². The summed E-state index contributed by atoms with van der Waals surface area (Å²) in [5.41, 5.74) is 0.322. The van der Waals surface area contributed by atoms with Gasteiger partial charge in [-0.1, -0.05) is 0 Å². The van der Waals surface area contributed by atoms with Crippen LogP contribution in [0.3, 0.4) is 0 Å². The van der Waals surface area contributed by atoms with E-state index in [9.17, 15) is 17.6 Å². The highest BCUT2D eigenvalue weighted by molar-refractivity contribution is 7.90. The van der Waals surface area contributed by atoms with Gasteiger partial charge in [-0.25, -0.2) is 12.8 Å². The van der Waals surface area contributed by atoms with Crippen LogP contribution in [0, 0.1) is 11.7 Å². The van der Waals surface area contributed by atoms with Gasteiger partial charge in [-0.3, -0.25) is 4.79 Å². The highest BCUT2D eigenvalue weighted by atomic mass is 35.5. The molecule has 7 heteroatoms. The summed E-state index contributed by atoms with van der Waals surface area (Å²) in [6.07, 6.45) is 1.67. The van der Waals surface area contributed by atoms with E-state index in [1.54, 1.807) is 4.90 Å². The minimum absolute atomic E-state index is 0.0337. The van der Waals surface area contributed by atoms with Gasteiger partial charge in [0.1, 0.15) is 5.82 Å². The number of ketones is 1. The Bertz CT molecular complexity index is 633. The molecule has 0 amide bonds. The molecule has 0 radical (unpaired) electrons. The summed E-state index contributed by atoms with van der Waals surface area (Å²) in [5, 5.41) is 0. The minimum atomic E-state index is -3.42. The molecular formula is C13H15ClFNO3S. The molecule has 0 saturated carbocycles. The topological polar surface area (TPSA) is 54.5 Å². The highest BCUT2D eigenvalue weighted by Crippen LogP contribution is 2.28. The average Bonchev–Trinajstić information content (AvgIpc) is 2.86. The zero-order chi connectivity index (χ0) is 14.9. The minimum Gasteiger partial charge on any atom is -0.368 e. The molecule has 1 atom stereocenters. The van der Waals surface area contributed by atoms with E-state index in [4.69, 9.17) is 11.6 Å². The molecule has 20 heavy (non-hydrogen) atoms. The molecule has 2 rings (SSSR count). The number of rotatable bonds is 4. The zero-order valence-corrected chi connectivity index (χ0v) is 12.5. The molecule has 1 aliphatic heterocycles. The Kier molecular flexibility index (Phi) is 4.34. The monoisotopic (exact) mass is 319 g/mol. The van der Waals surface area contributed by atoms with Crippen LogP contribution in [0.25, 0.3) is 0 Å². The van der Waals surface area contributed by atoms with E-state index in [-0.39, 0.29) is 22.5 Å². The molecule has 0 aromatic heterocycles. The van der Waals surface area contributed by atoms with Crippen LogP contribution < -0.4 is 4.90 Å². The normalized spacial score (nSPS) is 19.4. The summed E-state index contributed by atoms with van der Waals surface area (Å²) < 4.78 is 36.7. The molecule has 0 aliphatic carbocycles. The maximum absolute atomic E-state index is 14.0. The Labute approximate surface area is 122 Å². The lowest BCUT2D eigenvalue weighted by atomic mass is 10.1. The summed E-state index contributed by atoms with van der Waals surface area (Å²) in [5.74, 6) is -0.843. The van der Waals surface area contributed by atoms with E-state index in [1.165, 1.54) is 12.1 Å². The second-order valence-corrected chi connectivity index (χ2v) is 7.20. The number of halogens is 2. The predicted octanol–water partition coefficient (Wildman–Crippen LogP) is 1.86. The number of hydrogen-bond acceptors (Lipinski definition) is 4. The Morgan fingerprint density at radius 3 is 2.75 bits per heavy atom. The largest absolute Gasteiger partial charge is 0.368 e. The number of hydrogen-bond donors (Lipinski definition) is 0. The van der Waals surface area contributed by atoms with Crippen molar-refractivity contribution in [2.24, 2.45) is 5.92 Å². The molecule has 110 valence electrons. The van der Waals surface area contributed by atoms with Gasteiger partial charge in [-0.2, -0.15) is 0 Å². The summed E-state index contributed by atoms with van der Waals surface area (Å²) in [7, 11) is -3.42. The molecule has 4 nitrogen and oxygen atoms in total. The van der Waals surface area contributed by atoms with Crippen molar-refractivity contribution in [3.63, 3.8) is 0 Å². The Morgan fingerprint density at radius 1 is 1.50 bits per heavy atom. The maximum Gasteiger partial charge on any atom is 0.175 e. The first-order valence-corrected chi connectivity index (χ1v) is 8.58. The lowest BCUT2D eigenvalue weighted by molar-refractivity contribution is -0.119. The van der Waals surface area contributed by atoms with Crippen molar-refractivity contribution in [1.29, 1.82) is 0 Å². The first-order valence-electron chi connectivity index (χ1n) is 6.16. The number of anilines is 1. The van der Waals surface area contributed by atoms with E-state index in [0.29, 0.717) is 25.2 Å². The number of carbonyl (C=O) groups is 1. The Hall–Kier alpha value is -1.14. The molecule has 0 unspecified atom stereocenters. The molecule has 1 saturated heterocycles. The van der Waals surface area contributed by atoms with Crippen LogP contribution in [0.5, 0.6) is 0 Å². The average molecular weight is 320 g/mol. The number of sulfone groups is 1. The number of benzene rings is 1. The highest BCUT2D eigenvalue weighted by Gasteiger charge is 2.29. The van der Waals surface area contributed by atoms with Crippen molar-refractivity contribution in [3.05, 3.63) is 24.0 Å². The van der Waals surface area contributed by atoms with E-state index in [0.717, 1.165) is 12.3 Å². The Balaban J connectivity index is 2.21. The van der Waals surface area contributed by atoms with Gasteiger partial charge in [0.2, 0.25) is 0 Å². The standard InChI is InChI=1S/C13H15ClFNO3S/c1-20(18,19)10-2-3-12(11(15)6-10)16-5-4-9(8-16)13(17)7-14/h2-3,6,9H,4-5,7-8H2,1H3/t9-/m0/s1. The second kappa shape index (κ2) is 5.69. The molecule has 0 bridgehead atoms. The van der Waals surface area contributed by atoms with Gasteiger partial charge in [0.25, 0.3) is 0 Å². The third kappa shape index (κ3) is 3.12. The van der Waals surface area contributed by atoms with Crippen LogP contribution in [0.15, 0.2) is 23.1 Å². The number of Topliss-reactive ketones (excluding diaryl/α,β-unsaturated/α-hetero) is 1. The quantitative estimate of drug-likeness (QED) is 0.795. The van der Waals surface area contributed by atoms with Gasteiger partial charge >= 0.3 is 0 Å². The maximum atomic E-state index is 14.0. The van der Waals surface area contributed by atoms with Gasteiger partial charge in [0, 0.05) is 25.3 Å². The summed E-state index contributed by atoms with van der Waals surface area (Å²) in [4.78, 5) is 13.2. The van der Waals surface area contributed by atoms with Crippen LogP contribution in [-0.4, -0.2) is 39.4 Å². The van der Waals surface area contributed by atoms with Crippen molar-refractivity contribution in [1.82, 2.24) is 0 Å². The van der Waals surface area contributed by atoms with Crippen molar-refractivity contribution in [3.8, 4) is 0 Å². The third-order valence-electron chi connectivity index (χ3n) is 3.46. The number of nitrogens with zero attached hydrogens (tertiary/aromatic N) is 1. The van der Waals surface area contributed by atoms with Crippen LogP contribution in [-0.2, 0) is 14.6 Å². The van der Waals surface area contributed by atoms with E-state index in [1.807, 2.05) is 0 Å². The fourth-order valence-corrected chi connectivity index (χ4v) is 3.18. The number of alkyl halides is 1. The van der Waals surface area contributed by atoms with Crippen LogP contribution in [0.1, 0.15) is 6.42 Å². The molecular weight excluding hydrogens is 305 g/mol. The SMILES string of the molecule is CS(=O)(=O)c1ccc(N2CC[C@H](C(=O)CCl)C2)c(F)c1. The van der Waals surface area contributed by atoms with Crippen molar-refractivity contribution in [2.45, 2.75) is 11.3 Å². The van der Waals surface area contributed by atoms with E-state index in [2.05, 4.69) is 0 Å². The Morgan fingerprint density at radius 2 is 2.20 bits per heavy atom. The first-order chi connectivity index (χ1) is 9.32. The zero-order valence-electron chi connectivity index (χ0n) is 11.0. The number of carbonyl (C=O) groups excluding carboxylic acids is 1. The van der Waals surface area contributed by atoms with Crippen LogP contribution in [0.2, 0.25) is 0 Å². The van der Waals surface area contributed by atoms with Gasteiger partial charge < -0.3 is 4.90 Å². The van der Waals surface area contributed by atoms with Gasteiger partial charge in [0.15, 0.2) is 15.6 Å². The summed E-state index contributed by atoms with van der Waals surface area (Å²) in [6, 6.07) is 3.84. The molecule has 1 fully saturated rings. The van der Waals surface area contributed by atoms with Crippen molar-refractivity contribution in [2.75, 3.05) is 30.1 Å². The van der Waals surface area contributed by atoms with Crippen LogP contribution in [0.4, 0.5) is 10.1 Å². The first kappa shape index (κ1) is 15.3. The summed E-state index contributed by atoms with van der Waals surface area (Å²) >= 11 is 5.52. The lowest BCUT2D eigenvalue weighted by Crippen LogP contribution is -2.24. The molecule has 1 aromatic rings. The summed E-state index contributed by atoms with van der Waals surface area (Å²) in [6.45, 7) is 0.975. The van der Waals surface area contributed by atoms with Gasteiger partial charge in [0.05, 0.1) is 16.5 Å². The van der Waals surface area contributed by atoms with Crippen LogP contribution >= 0.6 is 11.6 Å². The van der Waals surface area contributed by atoms with E-state index >= 15 is 0 Å². The van der Waals surface area contributed by atoms with E-state index < -0.39 is 15.7 Å². The molecule has 0 N–H and O–H groups in total. The van der Waals surface area contributed by atoms with Crippen molar-refractivity contribution < 1.29 is 17.6 Å². The molecule has 1 aromatic carbocycles. The molecule has 1 heterocycles. The smallest absolute Gasteiger partial charge is 0.175 e. The fraction of sp³-hybridized carbons (Fsp3) is 0.462. The predicted molar refractivity (Wildman–Crippen MR) is 75.6 cm³/mol. The second-order valence-electron chi connectivity index (χ2n) is 4.92.